The Hall–Kier alpha value is -3.49. The Bertz CT molecular complexity index is 1300. The molecule has 0 unspecified atom stereocenters. The summed E-state index contributed by atoms with van der Waals surface area (Å²) >= 11 is 3.39. The zero-order chi connectivity index (χ0) is 24.7. The van der Waals surface area contributed by atoms with Gasteiger partial charge in [0, 0.05) is 22.5 Å². The molecule has 8 heteroatoms. The number of benzene rings is 3. The average Bonchev–Trinajstić information content (AvgIpc) is 3.32. The van der Waals surface area contributed by atoms with Gasteiger partial charge in [0.05, 0.1) is 18.4 Å². The fraction of sp³-hybridized carbons (Fsp3) is 0.222. The van der Waals surface area contributed by atoms with Gasteiger partial charge >= 0.3 is 5.97 Å². The number of aliphatic carboxylic acids is 1. The van der Waals surface area contributed by atoms with Crippen LogP contribution >= 0.6 is 15.9 Å². The number of carboxylic acids is 1. The Kier molecular flexibility index (Phi) is 5.94. The first-order valence-corrected chi connectivity index (χ1v) is 12.0. The molecule has 2 aliphatic heterocycles. The number of likely N-dealkylation sites (tertiary alicyclic amines) is 1. The predicted octanol–water partition coefficient (Wildman–Crippen LogP) is 3.67. The van der Waals surface area contributed by atoms with E-state index in [1.807, 2.05) is 36.4 Å². The van der Waals surface area contributed by atoms with Gasteiger partial charge in [-0.25, -0.2) is 0 Å². The number of phenolic OH excluding ortho intramolecular Hbond substituents is 1. The molecule has 0 radical (unpaired) electrons. The Balaban J connectivity index is 1.63. The standard InChI is InChI=1S/C27H23BrN2O5/c28-18-11-12-20(31)19(13-18)23-21-22(25(33)30(24(21)32)15-17-9-5-2-6-10-17)27(29-23,26(34)35)14-16-7-3-1-4-8-16/h1-13,21-23,29,31H,14-15H2,(H,34,35)/t21-,22-,23-,27-/m0/s1. The second-order valence-electron chi connectivity index (χ2n) is 9.02. The highest BCUT2D eigenvalue weighted by atomic mass is 79.9. The maximum atomic E-state index is 13.8. The lowest BCUT2D eigenvalue weighted by Gasteiger charge is -2.31. The number of rotatable bonds is 6. The van der Waals surface area contributed by atoms with Crippen molar-refractivity contribution in [3.05, 3.63) is 100 Å². The molecule has 2 saturated heterocycles. The molecule has 0 aliphatic carbocycles. The van der Waals surface area contributed by atoms with E-state index in [1.165, 1.54) is 6.07 Å². The predicted molar refractivity (Wildman–Crippen MR) is 131 cm³/mol. The minimum absolute atomic E-state index is 0.00774. The fourth-order valence-corrected chi connectivity index (χ4v) is 5.76. The molecule has 0 saturated carbocycles. The molecule has 0 spiro atoms. The van der Waals surface area contributed by atoms with Gasteiger partial charge in [-0.1, -0.05) is 76.6 Å². The van der Waals surface area contributed by atoms with E-state index in [2.05, 4.69) is 21.2 Å². The molecule has 2 aliphatic rings. The number of carboxylic acid groups (broad SMARTS) is 1. The van der Waals surface area contributed by atoms with Crippen LogP contribution in [0.25, 0.3) is 0 Å². The maximum absolute atomic E-state index is 13.8. The first-order valence-electron chi connectivity index (χ1n) is 11.2. The number of amides is 2. The first-order chi connectivity index (χ1) is 16.8. The summed E-state index contributed by atoms with van der Waals surface area (Å²) in [4.78, 5) is 41.6. The molecule has 0 bridgehead atoms. The average molecular weight is 535 g/mol. The van der Waals surface area contributed by atoms with Crippen molar-refractivity contribution < 1.29 is 24.6 Å². The summed E-state index contributed by atoms with van der Waals surface area (Å²) in [6.07, 6.45) is 0.00774. The third-order valence-electron chi connectivity index (χ3n) is 6.96. The Labute approximate surface area is 210 Å². The molecule has 2 heterocycles. The van der Waals surface area contributed by atoms with Gasteiger partial charge in [-0.2, -0.15) is 0 Å². The van der Waals surface area contributed by atoms with Gasteiger partial charge in [-0.3, -0.25) is 24.6 Å². The van der Waals surface area contributed by atoms with Crippen LogP contribution in [0.1, 0.15) is 22.7 Å². The number of halogens is 1. The van der Waals surface area contributed by atoms with Gasteiger partial charge < -0.3 is 10.2 Å². The van der Waals surface area contributed by atoms with Crippen LogP contribution in [0.5, 0.6) is 5.75 Å². The van der Waals surface area contributed by atoms with Gasteiger partial charge in [0.1, 0.15) is 11.3 Å². The van der Waals surface area contributed by atoms with Gasteiger partial charge in [0.15, 0.2) is 0 Å². The van der Waals surface area contributed by atoms with Crippen molar-refractivity contribution in [1.82, 2.24) is 10.2 Å². The second-order valence-corrected chi connectivity index (χ2v) is 9.93. The van der Waals surface area contributed by atoms with Crippen molar-refractivity contribution >= 4 is 33.7 Å². The summed E-state index contributed by atoms with van der Waals surface area (Å²) in [6, 6.07) is 22.1. The Morgan fingerprint density at radius 3 is 2.20 bits per heavy atom. The van der Waals surface area contributed by atoms with Crippen LogP contribution in [0, 0.1) is 11.8 Å². The van der Waals surface area contributed by atoms with Gasteiger partial charge in [-0.05, 0) is 29.3 Å². The molecule has 3 aromatic carbocycles. The van der Waals surface area contributed by atoms with Crippen LogP contribution in [0.15, 0.2) is 83.3 Å². The van der Waals surface area contributed by atoms with Crippen molar-refractivity contribution in [2.24, 2.45) is 11.8 Å². The Morgan fingerprint density at radius 1 is 0.943 bits per heavy atom. The van der Waals surface area contributed by atoms with Crippen LogP contribution in [0.2, 0.25) is 0 Å². The number of hydrogen-bond acceptors (Lipinski definition) is 5. The number of nitrogens with one attached hydrogen (secondary N) is 1. The summed E-state index contributed by atoms with van der Waals surface area (Å²) in [5.41, 5.74) is 0.132. The van der Waals surface area contributed by atoms with E-state index in [-0.39, 0.29) is 18.7 Å². The van der Waals surface area contributed by atoms with Crippen molar-refractivity contribution in [2.75, 3.05) is 0 Å². The molecule has 178 valence electrons. The molecular weight excluding hydrogens is 512 g/mol. The first kappa shape index (κ1) is 23.3. The van der Waals surface area contributed by atoms with Crippen LogP contribution < -0.4 is 5.32 Å². The highest BCUT2D eigenvalue weighted by Crippen LogP contribution is 2.51. The zero-order valence-corrected chi connectivity index (χ0v) is 20.2. The SMILES string of the molecule is O=C1[C@H]2[C@@H](C(=O)N1Cc1ccccc1)[C@@](Cc1ccccc1)(C(=O)O)N[C@H]2c1cc(Br)ccc1O. The molecule has 7 nitrogen and oxygen atoms in total. The van der Waals surface area contributed by atoms with Crippen molar-refractivity contribution in [1.29, 1.82) is 0 Å². The number of phenols is 1. The largest absolute Gasteiger partial charge is 0.508 e. The van der Waals surface area contributed by atoms with Crippen LogP contribution in [0.4, 0.5) is 0 Å². The van der Waals surface area contributed by atoms with E-state index in [0.29, 0.717) is 10.0 Å². The third kappa shape index (κ3) is 3.92. The van der Waals surface area contributed by atoms with Crippen molar-refractivity contribution in [3.8, 4) is 5.75 Å². The topological polar surface area (TPSA) is 107 Å². The molecule has 0 aromatic heterocycles. The van der Waals surface area contributed by atoms with Gasteiger partial charge in [0.2, 0.25) is 11.8 Å². The highest BCUT2D eigenvalue weighted by Gasteiger charge is 2.68. The minimum atomic E-state index is -1.73. The zero-order valence-electron chi connectivity index (χ0n) is 18.6. The lowest BCUT2D eigenvalue weighted by atomic mass is 9.76. The number of aromatic hydroxyl groups is 1. The molecule has 3 aromatic rings. The number of carbonyl (C=O) groups is 3. The number of imide groups is 1. The monoisotopic (exact) mass is 534 g/mol. The highest BCUT2D eigenvalue weighted by molar-refractivity contribution is 9.10. The molecule has 35 heavy (non-hydrogen) atoms. The second kappa shape index (κ2) is 8.94. The normalized spacial score (nSPS) is 25.6. The molecule has 2 amide bonds. The summed E-state index contributed by atoms with van der Waals surface area (Å²) in [6.45, 7) is 0.0593. The fourth-order valence-electron chi connectivity index (χ4n) is 5.38. The van der Waals surface area contributed by atoms with E-state index in [9.17, 15) is 24.6 Å². The summed E-state index contributed by atoms with van der Waals surface area (Å²) in [5, 5.41) is 24.3. The van der Waals surface area contributed by atoms with E-state index < -0.39 is 41.2 Å². The molecular formula is C27H23BrN2O5. The number of fused-ring (bicyclic) bond motifs is 1. The smallest absolute Gasteiger partial charge is 0.325 e. The number of hydrogen-bond donors (Lipinski definition) is 3. The minimum Gasteiger partial charge on any atom is -0.508 e. The van der Waals surface area contributed by atoms with E-state index >= 15 is 0 Å². The van der Waals surface area contributed by atoms with Gasteiger partial charge in [-0.15, -0.1) is 0 Å². The Morgan fingerprint density at radius 2 is 1.57 bits per heavy atom. The van der Waals surface area contributed by atoms with Gasteiger partial charge in [0.25, 0.3) is 0 Å². The van der Waals surface area contributed by atoms with Crippen molar-refractivity contribution in [2.45, 2.75) is 24.5 Å². The molecule has 4 atom stereocenters. The number of carbonyl (C=O) groups excluding carboxylic acids is 2. The van der Waals surface area contributed by atoms with Crippen LogP contribution in [-0.2, 0) is 27.3 Å². The van der Waals surface area contributed by atoms with E-state index in [1.54, 1.807) is 36.4 Å². The summed E-state index contributed by atoms with van der Waals surface area (Å²) < 4.78 is 0.664. The van der Waals surface area contributed by atoms with E-state index in [0.717, 1.165) is 16.0 Å². The quantitative estimate of drug-likeness (QED) is 0.416. The van der Waals surface area contributed by atoms with E-state index in [4.69, 9.17) is 0 Å². The summed E-state index contributed by atoms with van der Waals surface area (Å²) in [5.74, 6) is -4.38. The van der Waals surface area contributed by atoms with Crippen LogP contribution in [-0.4, -0.2) is 38.4 Å². The lowest BCUT2D eigenvalue weighted by molar-refractivity contribution is -0.151. The van der Waals surface area contributed by atoms with Crippen LogP contribution in [0.3, 0.4) is 0 Å². The molecule has 5 rings (SSSR count). The lowest BCUT2D eigenvalue weighted by Crippen LogP contribution is -2.57. The third-order valence-corrected chi connectivity index (χ3v) is 7.45. The van der Waals surface area contributed by atoms with Crippen molar-refractivity contribution in [3.63, 3.8) is 0 Å². The number of nitrogens with zero attached hydrogens (tertiary/aromatic N) is 1. The maximum Gasteiger partial charge on any atom is 0.325 e. The summed E-state index contributed by atoms with van der Waals surface area (Å²) in [7, 11) is 0. The molecule has 2 fully saturated rings. The molecule has 3 N–H and O–H groups in total.